The van der Waals surface area contributed by atoms with E-state index < -0.39 is 0 Å². The molecule has 0 radical (unpaired) electrons. The number of anilines is 1. The SMILES string of the molecule is O=[N+]([O-])c1c(Br)cccc1N1CCSC1. The van der Waals surface area contributed by atoms with Crippen molar-refractivity contribution in [1.29, 1.82) is 0 Å². The van der Waals surface area contributed by atoms with Crippen molar-refractivity contribution < 1.29 is 4.92 Å². The van der Waals surface area contributed by atoms with Crippen LogP contribution in [0.5, 0.6) is 0 Å². The van der Waals surface area contributed by atoms with E-state index in [4.69, 9.17) is 0 Å². The molecule has 0 atom stereocenters. The maximum Gasteiger partial charge on any atom is 0.306 e. The molecule has 0 saturated carbocycles. The molecule has 0 aliphatic carbocycles. The second-order valence-corrected chi connectivity index (χ2v) is 5.09. The molecular formula is C9H9BrN2O2S. The van der Waals surface area contributed by atoms with E-state index >= 15 is 0 Å². The van der Waals surface area contributed by atoms with Crippen molar-refractivity contribution in [2.75, 3.05) is 23.1 Å². The smallest absolute Gasteiger partial charge is 0.306 e. The fourth-order valence-electron chi connectivity index (χ4n) is 1.54. The Bertz CT molecular complexity index is 394. The van der Waals surface area contributed by atoms with E-state index in [-0.39, 0.29) is 10.6 Å². The first-order valence-electron chi connectivity index (χ1n) is 4.46. The first-order valence-corrected chi connectivity index (χ1v) is 6.40. The molecule has 1 fully saturated rings. The van der Waals surface area contributed by atoms with E-state index in [1.165, 1.54) is 0 Å². The maximum absolute atomic E-state index is 10.9. The Morgan fingerprint density at radius 3 is 2.93 bits per heavy atom. The molecule has 6 heteroatoms. The van der Waals surface area contributed by atoms with Gasteiger partial charge in [0.2, 0.25) is 0 Å². The van der Waals surface area contributed by atoms with Crippen molar-refractivity contribution >= 4 is 39.1 Å². The van der Waals surface area contributed by atoms with Gasteiger partial charge in [0.05, 0.1) is 15.3 Å². The normalized spacial score (nSPS) is 15.7. The maximum atomic E-state index is 10.9. The number of thioether (sulfide) groups is 1. The second-order valence-electron chi connectivity index (χ2n) is 3.17. The number of nitro groups is 1. The van der Waals surface area contributed by atoms with Crippen LogP contribution in [0.4, 0.5) is 11.4 Å². The van der Waals surface area contributed by atoms with Gasteiger partial charge >= 0.3 is 5.69 Å². The highest BCUT2D eigenvalue weighted by molar-refractivity contribution is 9.10. The zero-order valence-corrected chi connectivity index (χ0v) is 10.3. The van der Waals surface area contributed by atoms with Gasteiger partial charge in [0.1, 0.15) is 5.69 Å². The van der Waals surface area contributed by atoms with E-state index in [0.717, 1.165) is 18.2 Å². The van der Waals surface area contributed by atoms with Crippen molar-refractivity contribution in [2.45, 2.75) is 0 Å². The van der Waals surface area contributed by atoms with Gasteiger partial charge in [-0.05, 0) is 28.1 Å². The average molecular weight is 289 g/mol. The van der Waals surface area contributed by atoms with Gasteiger partial charge in [0.25, 0.3) is 0 Å². The van der Waals surface area contributed by atoms with Crippen LogP contribution in [-0.4, -0.2) is 23.1 Å². The van der Waals surface area contributed by atoms with Crippen molar-refractivity contribution in [1.82, 2.24) is 0 Å². The molecule has 2 rings (SSSR count). The van der Waals surface area contributed by atoms with E-state index in [2.05, 4.69) is 15.9 Å². The third kappa shape index (κ3) is 2.10. The molecule has 80 valence electrons. The molecule has 1 aliphatic heterocycles. The average Bonchev–Trinajstić information content (AvgIpc) is 2.69. The molecule has 1 aromatic rings. The fraction of sp³-hybridized carbons (Fsp3) is 0.333. The van der Waals surface area contributed by atoms with Crippen molar-refractivity contribution in [2.24, 2.45) is 0 Å². The summed E-state index contributed by atoms with van der Waals surface area (Å²) in [5, 5.41) is 10.9. The Morgan fingerprint density at radius 2 is 2.33 bits per heavy atom. The third-order valence-electron chi connectivity index (χ3n) is 2.24. The number of para-hydroxylation sites is 1. The molecule has 1 heterocycles. The molecule has 1 aliphatic rings. The number of hydrogen-bond donors (Lipinski definition) is 0. The Kier molecular flexibility index (Phi) is 3.16. The molecule has 0 N–H and O–H groups in total. The Labute approximate surface area is 99.9 Å². The predicted molar refractivity (Wildman–Crippen MR) is 65.5 cm³/mol. The van der Waals surface area contributed by atoms with E-state index in [1.54, 1.807) is 23.9 Å². The third-order valence-corrected chi connectivity index (χ3v) is 3.85. The zero-order chi connectivity index (χ0) is 10.8. The molecular weight excluding hydrogens is 280 g/mol. The zero-order valence-electron chi connectivity index (χ0n) is 7.85. The second kappa shape index (κ2) is 4.40. The summed E-state index contributed by atoms with van der Waals surface area (Å²) in [5.74, 6) is 1.86. The van der Waals surface area contributed by atoms with E-state index in [1.807, 2.05) is 11.0 Å². The monoisotopic (exact) mass is 288 g/mol. The largest absolute Gasteiger partial charge is 0.356 e. The fourth-order valence-corrected chi connectivity index (χ4v) is 3.01. The van der Waals surface area contributed by atoms with Gasteiger partial charge in [-0.25, -0.2) is 0 Å². The number of nitro benzene ring substituents is 1. The number of benzene rings is 1. The minimum Gasteiger partial charge on any atom is -0.356 e. The lowest BCUT2D eigenvalue weighted by Crippen LogP contribution is -2.19. The molecule has 4 nitrogen and oxygen atoms in total. The van der Waals surface area contributed by atoms with E-state index in [0.29, 0.717) is 10.2 Å². The topological polar surface area (TPSA) is 46.4 Å². The highest BCUT2D eigenvalue weighted by Crippen LogP contribution is 2.37. The Balaban J connectivity index is 2.45. The lowest BCUT2D eigenvalue weighted by atomic mass is 10.2. The van der Waals surface area contributed by atoms with Crippen molar-refractivity contribution in [3.05, 3.63) is 32.8 Å². The lowest BCUT2D eigenvalue weighted by Gasteiger charge is -2.16. The van der Waals surface area contributed by atoms with E-state index in [9.17, 15) is 10.1 Å². The van der Waals surface area contributed by atoms with Crippen LogP contribution < -0.4 is 4.90 Å². The number of nitrogens with zero attached hydrogens (tertiary/aromatic N) is 2. The van der Waals surface area contributed by atoms with Gasteiger partial charge in [0, 0.05) is 12.3 Å². The molecule has 0 bridgehead atoms. The van der Waals surface area contributed by atoms with Crippen LogP contribution in [0.25, 0.3) is 0 Å². The quantitative estimate of drug-likeness (QED) is 0.620. The Morgan fingerprint density at radius 1 is 1.53 bits per heavy atom. The summed E-state index contributed by atoms with van der Waals surface area (Å²) >= 11 is 5.01. The highest BCUT2D eigenvalue weighted by Gasteiger charge is 2.24. The van der Waals surface area contributed by atoms with Crippen molar-refractivity contribution in [3.63, 3.8) is 0 Å². The first kappa shape index (κ1) is 10.8. The molecule has 0 amide bonds. The van der Waals surface area contributed by atoms with Gasteiger partial charge in [-0.15, -0.1) is 11.8 Å². The van der Waals surface area contributed by atoms with Gasteiger partial charge in [-0.2, -0.15) is 0 Å². The van der Waals surface area contributed by atoms with Gasteiger partial charge in [0.15, 0.2) is 0 Å². The van der Waals surface area contributed by atoms with Crippen LogP contribution in [-0.2, 0) is 0 Å². The van der Waals surface area contributed by atoms with Gasteiger partial charge in [-0.1, -0.05) is 6.07 Å². The number of hydrogen-bond acceptors (Lipinski definition) is 4. The first-order chi connectivity index (χ1) is 7.20. The summed E-state index contributed by atoms with van der Waals surface area (Å²) in [6.07, 6.45) is 0. The number of rotatable bonds is 2. The van der Waals surface area contributed by atoms with Crippen LogP contribution in [0, 0.1) is 10.1 Å². The molecule has 0 spiro atoms. The summed E-state index contributed by atoms with van der Waals surface area (Å²) < 4.78 is 0.543. The molecule has 15 heavy (non-hydrogen) atoms. The highest BCUT2D eigenvalue weighted by atomic mass is 79.9. The predicted octanol–water partition coefficient (Wildman–Crippen LogP) is 2.87. The van der Waals surface area contributed by atoms with Gasteiger partial charge < -0.3 is 4.90 Å². The summed E-state index contributed by atoms with van der Waals surface area (Å²) in [6.45, 7) is 0.877. The summed E-state index contributed by atoms with van der Waals surface area (Å²) in [7, 11) is 0. The minimum absolute atomic E-state index is 0.167. The summed E-state index contributed by atoms with van der Waals surface area (Å²) in [5.41, 5.74) is 0.874. The minimum atomic E-state index is -0.331. The summed E-state index contributed by atoms with van der Waals surface area (Å²) in [6, 6.07) is 5.33. The standard InChI is InChI=1S/C9H9BrN2O2S/c10-7-2-1-3-8(9(7)12(13)14)11-4-5-15-6-11/h1-3H,4-6H2. The van der Waals surface area contributed by atoms with Crippen LogP contribution in [0.3, 0.4) is 0 Å². The summed E-state index contributed by atoms with van der Waals surface area (Å²) in [4.78, 5) is 12.6. The molecule has 0 aromatic heterocycles. The van der Waals surface area contributed by atoms with Crippen LogP contribution in [0.2, 0.25) is 0 Å². The van der Waals surface area contributed by atoms with Crippen LogP contribution in [0.1, 0.15) is 0 Å². The van der Waals surface area contributed by atoms with Crippen molar-refractivity contribution in [3.8, 4) is 0 Å². The Hall–Kier alpha value is -0.750. The molecule has 1 saturated heterocycles. The molecule has 1 aromatic carbocycles. The van der Waals surface area contributed by atoms with Gasteiger partial charge in [-0.3, -0.25) is 10.1 Å². The molecule has 0 unspecified atom stereocenters. The lowest BCUT2D eigenvalue weighted by molar-refractivity contribution is -0.384. The number of halogens is 1. The van der Waals surface area contributed by atoms with Crippen LogP contribution >= 0.6 is 27.7 Å². The van der Waals surface area contributed by atoms with Crippen LogP contribution in [0.15, 0.2) is 22.7 Å².